The molecule has 158 valence electrons. The van der Waals surface area contributed by atoms with Crippen LogP contribution in [-0.2, 0) is 25.8 Å². The second kappa shape index (κ2) is 9.96. The van der Waals surface area contributed by atoms with Crippen LogP contribution in [0, 0.1) is 0 Å². The van der Waals surface area contributed by atoms with Crippen molar-refractivity contribution in [1.82, 2.24) is 0 Å². The molecular formula is C15H21NO10S2. The van der Waals surface area contributed by atoms with Crippen molar-refractivity contribution < 1.29 is 47.5 Å². The third-order valence-electron chi connectivity index (χ3n) is 3.86. The number of aliphatic hydroxyl groups is 5. The topological polar surface area (TPSA) is 186 Å². The van der Waals surface area contributed by atoms with Gasteiger partial charge in [-0.05, 0) is 5.56 Å². The molecule has 1 aromatic rings. The van der Waals surface area contributed by atoms with E-state index in [0.717, 1.165) is 0 Å². The third-order valence-corrected chi connectivity index (χ3v) is 5.34. The lowest BCUT2D eigenvalue weighted by molar-refractivity contribution is -0.205. The van der Waals surface area contributed by atoms with Gasteiger partial charge < -0.3 is 30.3 Å². The fraction of sp³-hybridized carbons (Fsp3) is 0.533. The Hall–Kier alpha value is -1.29. The maximum Gasteiger partial charge on any atom is 0.466 e. The van der Waals surface area contributed by atoms with Crippen molar-refractivity contribution in [3.63, 3.8) is 0 Å². The Bertz CT molecular complexity index is 757. The third kappa shape index (κ3) is 6.37. The molecule has 0 aliphatic carbocycles. The van der Waals surface area contributed by atoms with Crippen LogP contribution in [0.4, 0.5) is 0 Å². The monoisotopic (exact) mass is 439 g/mol. The molecule has 0 amide bonds. The summed E-state index contributed by atoms with van der Waals surface area (Å²) >= 11 is 0.512. The van der Waals surface area contributed by atoms with Gasteiger partial charge >= 0.3 is 10.4 Å². The number of nitrogens with zero attached hydrogens (tertiary/aromatic N) is 1. The number of oxime groups is 1. The van der Waals surface area contributed by atoms with Crippen molar-refractivity contribution in [3.05, 3.63) is 35.9 Å². The molecule has 1 aliphatic rings. The summed E-state index contributed by atoms with van der Waals surface area (Å²) in [4.78, 5) is 0. The van der Waals surface area contributed by atoms with Gasteiger partial charge in [0.05, 0.1) is 6.61 Å². The predicted molar refractivity (Wildman–Crippen MR) is 97.6 cm³/mol. The van der Waals surface area contributed by atoms with Crippen LogP contribution >= 0.6 is 11.8 Å². The number of thioether (sulfide) groups is 1. The van der Waals surface area contributed by atoms with Crippen molar-refractivity contribution in [1.29, 1.82) is 0 Å². The van der Waals surface area contributed by atoms with E-state index < -0.39 is 53.0 Å². The molecule has 1 heterocycles. The van der Waals surface area contributed by atoms with Crippen molar-refractivity contribution in [2.45, 2.75) is 42.4 Å². The number of aliphatic hydroxyl groups excluding tert-OH is 5. The summed E-state index contributed by atoms with van der Waals surface area (Å²) in [6.45, 7) is -0.664. The second-order valence-corrected chi connectivity index (χ2v) is 8.08. The Morgan fingerprint density at radius 1 is 1.18 bits per heavy atom. The summed E-state index contributed by atoms with van der Waals surface area (Å²) in [7, 11) is -4.96. The molecular weight excluding hydrogens is 418 g/mol. The van der Waals surface area contributed by atoms with Crippen LogP contribution in [0.1, 0.15) is 5.56 Å². The zero-order valence-electron chi connectivity index (χ0n) is 14.3. The first-order chi connectivity index (χ1) is 13.1. The van der Waals surface area contributed by atoms with Gasteiger partial charge in [0, 0.05) is 6.42 Å². The van der Waals surface area contributed by atoms with Gasteiger partial charge in [-0.15, -0.1) is 0 Å². The van der Waals surface area contributed by atoms with Gasteiger partial charge in [0.1, 0.15) is 41.0 Å². The standard InChI is InChI=1S/C15H21NO10S2/c17-7-10-11(19)12(20)13(21)15(25-10)27-14(16-26-28(22,23)24)9(18)6-8-4-2-1-3-5-8/h1-5,9-13,15,17-21H,6-7H2,(H,22,23,24). The van der Waals surface area contributed by atoms with Gasteiger partial charge in [-0.25, -0.2) is 4.28 Å². The minimum absolute atomic E-state index is 0.0149. The lowest BCUT2D eigenvalue weighted by Crippen LogP contribution is -2.57. The molecule has 0 radical (unpaired) electrons. The molecule has 0 bridgehead atoms. The molecule has 1 saturated heterocycles. The minimum atomic E-state index is -4.96. The molecule has 0 spiro atoms. The number of rotatable bonds is 7. The van der Waals surface area contributed by atoms with E-state index >= 15 is 0 Å². The molecule has 1 fully saturated rings. The molecule has 1 aromatic carbocycles. The van der Waals surface area contributed by atoms with E-state index in [1.807, 2.05) is 0 Å². The largest absolute Gasteiger partial charge is 0.466 e. The highest BCUT2D eigenvalue weighted by Crippen LogP contribution is 2.30. The van der Waals surface area contributed by atoms with Crippen molar-refractivity contribution in [3.8, 4) is 0 Å². The second-order valence-electron chi connectivity index (χ2n) is 5.95. The molecule has 6 atom stereocenters. The molecule has 0 saturated carbocycles. The van der Waals surface area contributed by atoms with Crippen LogP contribution in [0.15, 0.2) is 35.5 Å². The Balaban J connectivity index is 2.21. The van der Waals surface area contributed by atoms with Crippen LogP contribution in [0.5, 0.6) is 0 Å². The lowest BCUT2D eigenvalue weighted by Gasteiger charge is -2.39. The van der Waals surface area contributed by atoms with Crippen LogP contribution in [-0.4, -0.2) is 86.1 Å². The zero-order valence-corrected chi connectivity index (χ0v) is 16.0. The summed E-state index contributed by atoms with van der Waals surface area (Å²) in [5.41, 5.74) is -0.659. The quantitative estimate of drug-likeness (QED) is 0.122. The maximum absolute atomic E-state index is 10.8. The zero-order chi connectivity index (χ0) is 20.9. The van der Waals surface area contributed by atoms with E-state index in [1.165, 1.54) is 0 Å². The van der Waals surface area contributed by atoms with E-state index in [0.29, 0.717) is 17.3 Å². The molecule has 11 nitrogen and oxygen atoms in total. The number of ether oxygens (including phenoxy) is 1. The summed E-state index contributed by atoms with van der Waals surface area (Å²) in [6, 6.07) is 8.59. The predicted octanol–water partition coefficient (Wildman–Crippen LogP) is -1.74. The highest BCUT2D eigenvalue weighted by atomic mass is 32.3. The van der Waals surface area contributed by atoms with Crippen molar-refractivity contribution >= 4 is 27.2 Å². The lowest BCUT2D eigenvalue weighted by atomic mass is 10.0. The fourth-order valence-corrected chi connectivity index (χ4v) is 3.73. The summed E-state index contributed by atoms with van der Waals surface area (Å²) in [5.74, 6) is 0. The minimum Gasteiger partial charge on any atom is -0.394 e. The van der Waals surface area contributed by atoms with Crippen LogP contribution in [0.2, 0.25) is 0 Å². The van der Waals surface area contributed by atoms with Crippen LogP contribution in [0.25, 0.3) is 0 Å². The Labute approximate surface area is 165 Å². The number of benzene rings is 1. The van der Waals surface area contributed by atoms with E-state index in [1.54, 1.807) is 30.3 Å². The van der Waals surface area contributed by atoms with E-state index in [9.17, 15) is 34.0 Å². The normalized spacial score (nSPS) is 30.1. The summed E-state index contributed by atoms with van der Waals surface area (Å²) in [5, 5.41) is 52.2. The van der Waals surface area contributed by atoms with Gasteiger partial charge in [-0.3, -0.25) is 4.55 Å². The van der Waals surface area contributed by atoms with Crippen molar-refractivity contribution in [2.24, 2.45) is 5.16 Å². The molecule has 2 rings (SSSR count). The summed E-state index contributed by atoms with van der Waals surface area (Å²) in [6.07, 6.45) is -7.53. The molecule has 0 aromatic heterocycles. The first kappa shape index (κ1) is 23.0. The summed E-state index contributed by atoms with van der Waals surface area (Å²) < 4.78 is 39.6. The first-order valence-corrected chi connectivity index (χ1v) is 10.3. The molecule has 28 heavy (non-hydrogen) atoms. The Morgan fingerprint density at radius 3 is 2.39 bits per heavy atom. The molecule has 13 heteroatoms. The highest BCUT2D eigenvalue weighted by Gasteiger charge is 2.44. The van der Waals surface area contributed by atoms with E-state index in [2.05, 4.69) is 9.44 Å². The molecule has 6 unspecified atom stereocenters. The van der Waals surface area contributed by atoms with E-state index in [4.69, 9.17) is 9.29 Å². The SMILES string of the molecule is O=S(=O)(O)ON=C(SC1OC(CO)C(O)C(O)C1O)C(O)Cc1ccccc1. The number of hydrogen-bond donors (Lipinski definition) is 6. The average Bonchev–Trinajstić information content (AvgIpc) is 2.65. The fourth-order valence-electron chi connectivity index (χ4n) is 2.45. The van der Waals surface area contributed by atoms with Gasteiger partial charge in [0.2, 0.25) is 0 Å². The molecule has 1 aliphatic heterocycles. The van der Waals surface area contributed by atoms with Crippen LogP contribution in [0.3, 0.4) is 0 Å². The molecule has 6 N–H and O–H groups in total. The van der Waals surface area contributed by atoms with Gasteiger partial charge in [-0.1, -0.05) is 47.2 Å². The van der Waals surface area contributed by atoms with Gasteiger partial charge in [0.25, 0.3) is 0 Å². The smallest absolute Gasteiger partial charge is 0.394 e. The van der Waals surface area contributed by atoms with Crippen molar-refractivity contribution in [2.75, 3.05) is 6.61 Å². The Kier molecular flexibility index (Phi) is 8.18. The maximum atomic E-state index is 10.8. The van der Waals surface area contributed by atoms with Gasteiger partial charge in [-0.2, -0.15) is 8.42 Å². The average molecular weight is 439 g/mol. The van der Waals surface area contributed by atoms with Crippen LogP contribution < -0.4 is 0 Å². The highest BCUT2D eigenvalue weighted by molar-refractivity contribution is 8.14. The van der Waals surface area contributed by atoms with E-state index in [-0.39, 0.29) is 11.5 Å². The van der Waals surface area contributed by atoms with Gasteiger partial charge in [0.15, 0.2) is 0 Å². The number of hydrogen-bond acceptors (Lipinski definition) is 11. The Morgan fingerprint density at radius 2 is 1.82 bits per heavy atom. The first-order valence-electron chi connectivity index (χ1n) is 8.05.